The molecule has 0 aliphatic carbocycles. The van der Waals surface area contributed by atoms with Gasteiger partial charge in [0.05, 0.1) is 19.3 Å². The third-order valence-corrected chi connectivity index (χ3v) is 2.04. The molecule has 0 unspecified atom stereocenters. The lowest BCUT2D eigenvalue weighted by Crippen LogP contribution is -2.34. The van der Waals surface area contributed by atoms with Crippen LogP contribution in [0.4, 0.5) is 4.79 Å². The van der Waals surface area contributed by atoms with E-state index >= 15 is 0 Å². The van der Waals surface area contributed by atoms with Crippen LogP contribution < -0.4 is 0 Å². The number of imide groups is 2. The Morgan fingerprint density at radius 3 is 2.38 bits per heavy atom. The molecular weight excluding hydrogens is 176 g/mol. The molecule has 0 saturated carbocycles. The van der Waals surface area contributed by atoms with Gasteiger partial charge in [-0.2, -0.15) is 0 Å². The minimum absolute atomic E-state index is 0.0767. The molecule has 0 aromatic rings. The first-order valence-corrected chi connectivity index (χ1v) is 3.86. The number of epoxide rings is 1. The van der Waals surface area contributed by atoms with Gasteiger partial charge in [0.2, 0.25) is 0 Å². The summed E-state index contributed by atoms with van der Waals surface area (Å²) in [6.07, 6.45) is -0.0767. The van der Waals surface area contributed by atoms with Crippen LogP contribution in [0, 0.1) is 0 Å². The Labute approximate surface area is 74.0 Å². The second kappa shape index (κ2) is 2.53. The van der Waals surface area contributed by atoms with Crippen molar-refractivity contribution < 1.29 is 19.1 Å². The largest absolute Gasteiger partial charge is 0.371 e. The first-order valence-electron chi connectivity index (χ1n) is 3.86. The molecule has 0 radical (unpaired) electrons. The number of carbonyl (C=O) groups excluding carboxylic acids is 3. The van der Waals surface area contributed by atoms with E-state index in [0.717, 1.165) is 9.80 Å². The topological polar surface area (TPSA) is 70.2 Å². The van der Waals surface area contributed by atoms with Gasteiger partial charge in [-0.1, -0.05) is 0 Å². The van der Waals surface area contributed by atoms with Crippen LogP contribution in [0.25, 0.3) is 0 Å². The van der Waals surface area contributed by atoms with Gasteiger partial charge in [-0.3, -0.25) is 19.4 Å². The molecule has 2 aliphatic rings. The van der Waals surface area contributed by atoms with Crippen LogP contribution in [0.1, 0.15) is 0 Å². The first-order chi connectivity index (χ1) is 6.11. The highest BCUT2D eigenvalue weighted by atomic mass is 16.6. The Balaban J connectivity index is 2.13. The Morgan fingerprint density at radius 2 is 2.00 bits per heavy atom. The van der Waals surface area contributed by atoms with E-state index in [1.54, 1.807) is 0 Å². The maximum absolute atomic E-state index is 11.2. The average Bonchev–Trinajstić information content (AvgIpc) is 2.89. The smallest absolute Gasteiger partial charge is 0.334 e. The van der Waals surface area contributed by atoms with Crippen molar-refractivity contribution in [1.82, 2.24) is 9.80 Å². The van der Waals surface area contributed by atoms with E-state index in [-0.39, 0.29) is 12.6 Å². The van der Waals surface area contributed by atoms with E-state index in [9.17, 15) is 14.4 Å². The van der Waals surface area contributed by atoms with Gasteiger partial charge in [0.15, 0.2) is 0 Å². The first kappa shape index (κ1) is 8.18. The molecule has 4 amide bonds. The maximum Gasteiger partial charge on any atom is 0.334 e. The van der Waals surface area contributed by atoms with E-state index in [4.69, 9.17) is 4.74 Å². The van der Waals surface area contributed by atoms with E-state index in [1.807, 2.05) is 0 Å². The molecule has 0 bridgehead atoms. The van der Waals surface area contributed by atoms with Gasteiger partial charge in [0.1, 0.15) is 0 Å². The van der Waals surface area contributed by atoms with Crippen molar-refractivity contribution in [1.29, 1.82) is 0 Å². The lowest BCUT2D eigenvalue weighted by Gasteiger charge is -2.09. The van der Waals surface area contributed by atoms with Gasteiger partial charge >= 0.3 is 17.8 Å². The van der Waals surface area contributed by atoms with E-state index in [1.165, 1.54) is 7.05 Å². The summed E-state index contributed by atoms with van der Waals surface area (Å²) in [6.45, 7) is 0.739. The number of carbonyl (C=O) groups is 3. The number of urea groups is 1. The highest BCUT2D eigenvalue weighted by Crippen LogP contribution is 2.16. The minimum Gasteiger partial charge on any atom is -0.371 e. The summed E-state index contributed by atoms with van der Waals surface area (Å²) in [5, 5.41) is 0. The molecule has 13 heavy (non-hydrogen) atoms. The van der Waals surface area contributed by atoms with Gasteiger partial charge in [-0.15, -0.1) is 0 Å². The Morgan fingerprint density at radius 1 is 1.38 bits per heavy atom. The third kappa shape index (κ3) is 1.19. The monoisotopic (exact) mass is 184 g/mol. The van der Waals surface area contributed by atoms with Crippen LogP contribution in [0.2, 0.25) is 0 Å². The second-order valence-electron chi connectivity index (χ2n) is 3.02. The summed E-state index contributed by atoms with van der Waals surface area (Å²) < 4.78 is 4.86. The zero-order valence-electron chi connectivity index (χ0n) is 7.02. The standard InChI is InChI=1S/C7H8N2O4/c1-8-5(10)6(11)9(7(8)12)2-4-3-13-4/h4H,2-3H2,1H3/t4-/m0/s1. The number of rotatable bonds is 2. The van der Waals surface area contributed by atoms with Crippen molar-refractivity contribution in [2.75, 3.05) is 20.2 Å². The second-order valence-corrected chi connectivity index (χ2v) is 3.02. The maximum atomic E-state index is 11.2. The number of ether oxygens (including phenoxy) is 1. The van der Waals surface area contributed by atoms with Crippen molar-refractivity contribution in [3.8, 4) is 0 Å². The van der Waals surface area contributed by atoms with Crippen LogP contribution in [0.3, 0.4) is 0 Å². The lowest BCUT2D eigenvalue weighted by atomic mass is 10.4. The quantitative estimate of drug-likeness (QED) is 0.307. The SMILES string of the molecule is CN1C(=O)C(=O)N(C[C@H]2CO2)C1=O. The normalized spacial score (nSPS) is 27.5. The fraction of sp³-hybridized carbons (Fsp3) is 0.571. The lowest BCUT2D eigenvalue weighted by molar-refractivity contribution is -0.142. The number of hydrogen-bond acceptors (Lipinski definition) is 4. The van der Waals surface area contributed by atoms with E-state index < -0.39 is 17.8 Å². The van der Waals surface area contributed by atoms with Gasteiger partial charge in [0, 0.05) is 7.05 Å². The summed E-state index contributed by atoms with van der Waals surface area (Å²) >= 11 is 0. The highest BCUT2D eigenvalue weighted by molar-refractivity contribution is 6.44. The number of likely N-dealkylation sites (N-methyl/N-ethyl adjacent to an activating group) is 1. The molecule has 0 spiro atoms. The molecule has 6 heteroatoms. The van der Waals surface area contributed by atoms with Crippen molar-refractivity contribution in [3.05, 3.63) is 0 Å². The Kier molecular flexibility index (Phi) is 1.59. The Hall–Kier alpha value is -1.43. The van der Waals surface area contributed by atoms with Crippen LogP contribution >= 0.6 is 0 Å². The van der Waals surface area contributed by atoms with Crippen molar-refractivity contribution in [2.24, 2.45) is 0 Å². The summed E-state index contributed by atoms with van der Waals surface area (Å²) in [7, 11) is 1.29. The number of hydrogen-bond donors (Lipinski definition) is 0. The fourth-order valence-electron chi connectivity index (χ4n) is 1.15. The summed E-state index contributed by atoms with van der Waals surface area (Å²) in [6, 6.07) is -0.564. The molecule has 2 fully saturated rings. The predicted molar refractivity (Wildman–Crippen MR) is 39.6 cm³/mol. The predicted octanol–water partition coefficient (Wildman–Crippen LogP) is -1.19. The summed E-state index contributed by atoms with van der Waals surface area (Å²) in [4.78, 5) is 35.1. The third-order valence-electron chi connectivity index (χ3n) is 2.04. The zero-order valence-corrected chi connectivity index (χ0v) is 7.02. The number of amides is 4. The molecule has 2 heterocycles. The zero-order chi connectivity index (χ0) is 9.59. The van der Waals surface area contributed by atoms with Crippen molar-refractivity contribution in [2.45, 2.75) is 6.10 Å². The highest BCUT2D eigenvalue weighted by Gasteiger charge is 2.44. The summed E-state index contributed by atoms with van der Waals surface area (Å²) in [5.74, 6) is -1.53. The molecule has 0 N–H and O–H groups in total. The van der Waals surface area contributed by atoms with E-state index in [2.05, 4.69) is 0 Å². The van der Waals surface area contributed by atoms with Gasteiger partial charge in [-0.25, -0.2) is 4.79 Å². The van der Waals surface area contributed by atoms with Gasteiger partial charge < -0.3 is 4.74 Å². The summed E-state index contributed by atoms with van der Waals surface area (Å²) in [5.41, 5.74) is 0. The molecule has 2 aliphatic heterocycles. The van der Waals surface area contributed by atoms with Gasteiger partial charge in [0.25, 0.3) is 0 Å². The van der Waals surface area contributed by atoms with Gasteiger partial charge in [-0.05, 0) is 0 Å². The van der Waals surface area contributed by atoms with Crippen LogP contribution in [0.15, 0.2) is 0 Å². The molecule has 70 valence electrons. The minimum atomic E-state index is -0.773. The van der Waals surface area contributed by atoms with Crippen molar-refractivity contribution >= 4 is 17.8 Å². The molecule has 0 aromatic carbocycles. The molecule has 1 atom stereocenters. The molecule has 2 saturated heterocycles. The Bertz CT molecular complexity index is 297. The average molecular weight is 184 g/mol. The van der Waals surface area contributed by atoms with Crippen LogP contribution in [-0.2, 0) is 14.3 Å². The van der Waals surface area contributed by atoms with E-state index in [0.29, 0.717) is 6.61 Å². The van der Waals surface area contributed by atoms with Crippen molar-refractivity contribution in [3.63, 3.8) is 0 Å². The molecule has 0 aromatic heterocycles. The fourth-order valence-corrected chi connectivity index (χ4v) is 1.15. The van der Waals surface area contributed by atoms with Crippen LogP contribution in [0.5, 0.6) is 0 Å². The molecule has 2 rings (SSSR count). The van der Waals surface area contributed by atoms with Crippen LogP contribution in [-0.4, -0.2) is 53.9 Å². The number of nitrogens with zero attached hydrogens (tertiary/aromatic N) is 2. The molecular formula is C7H8N2O4. The molecule has 6 nitrogen and oxygen atoms in total.